The van der Waals surface area contributed by atoms with Gasteiger partial charge in [0.2, 0.25) is 11.6 Å². The maximum absolute atomic E-state index is 13.4. The number of ketones is 2. The Morgan fingerprint density at radius 2 is 1.41 bits per heavy atom. The zero-order valence-electron chi connectivity index (χ0n) is 14.8. The van der Waals surface area contributed by atoms with Crippen LogP contribution in [-0.4, -0.2) is 16.7 Å². The third-order valence-electron chi connectivity index (χ3n) is 5.01. The average molecular weight is 357 g/mol. The molecule has 2 N–H and O–H groups in total. The predicted octanol–water partition coefficient (Wildman–Crippen LogP) is 4.13. The Balaban J connectivity index is 1.89. The molecule has 0 amide bonds. The van der Waals surface area contributed by atoms with Crippen LogP contribution in [0.2, 0.25) is 0 Å². The van der Waals surface area contributed by atoms with Crippen molar-refractivity contribution < 1.29 is 14.7 Å². The second-order valence-corrected chi connectivity index (χ2v) is 6.75. The van der Waals surface area contributed by atoms with Gasteiger partial charge in [-0.2, -0.15) is 0 Å². The number of benzene rings is 3. The van der Waals surface area contributed by atoms with Crippen LogP contribution >= 0.6 is 0 Å². The largest absolute Gasteiger partial charge is 0.389 e. The van der Waals surface area contributed by atoms with E-state index in [0.29, 0.717) is 27.9 Å². The molecule has 1 aliphatic rings. The second-order valence-electron chi connectivity index (χ2n) is 6.75. The number of Topliss-reactive ketones (excluding diaryl/α,β-unsaturated/α-hetero) is 2. The molecule has 0 aliphatic heterocycles. The minimum Gasteiger partial charge on any atom is -0.389 e. The van der Waals surface area contributed by atoms with Gasteiger partial charge in [0.1, 0.15) is 0 Å². The fourth-order valence-corrected chi connectivity index (χ4v) is 3.62. The molecule has 27 heavy (non-hydrogen) atoms. The van der Waals surface area contributed by atoms with E-state index in [-0.39, 0.29) is 11.6 Å². The molecule has 0 heterocycles. The van der Waals surface area contributed by atoms with Crippen LogP contribution in [-0.2, 0) is 5.54 Å². The minimum absolute atomic E-state index is 0.267. The quantitative estimate of drug-likeness (QED) is 0.689. The van der Waals surface area contributed by atoms with Crippen molar-refractivity contribution in [2.75, 3.05) is 5.32 Å². The Morgan fingerprint density at radius 1 is 0.815 bits per heavy atom. The smallest absolute Gasteiger partial charge is 0.201 e. The minimum atomic E-state index is -1.51. The lowest BCUT2D eigenvalue weighted by Gasteiger charge is -2.29. The third kappa shape index (κ3) is 2.66. The summed E-state index contributed by atoms with van der Waals surface area (Å²) in [5, 5.41) is 13.1. The summed E-state index contributed by atoms with van der Waals surface area (Å²) in [6, 6.07) is 23.1. The van der Waals surface area contributed by atoms with Gasteiger partial charge in [-0.05, 0) is 30.2 Å². The van der Waals surface area contributed by atoms with Gasteiger partial charge in [-0.3, -0.25) is 9.59 Å². The molecule has 1 atom stereocenters. The SMILES string of the molecule is C[C@@H](O)c1cccc(NC2(c3ccccc3)C(=O)c3ccccc3C2=O)c1. The van der Waals surface area contributed by atoms with Crippen LogP contribution < -0.4 is 5.32 Å². The van der Waals surface area contributed by atoms with E-state index in [1.165, 1.54) is 0 Å². The van der Waals surface area contributed by atoms with Gasteiger partial charge in [-0.15, -0.1) is 0 Å². The van der Waals surface area contributed by atoms with Crippen molar-refractivity contribution in [3.05, 3.63) is 101 Å². The highest BCUT2D eigenvalue weighted by atomic mass is 16.3. The summed E-state index contributed by atoms with van der Waals surface area (Å²) in [6.07, 6.45) is -0.647. The lowest BCUT2D eigenvalue weighted by Crippen LogP contribution is -2.46. The summed E-state index contributed by atoms with van der Waals surface area (Å²) >= 11 is 0. The summed E-state index contributed by atoms with van der Waals surface area (Å²) in [7, 11) is 0. The monoisotopic (exact) mass is 357 g/mol. The Bertz CT molecular complexity index is 990. The first-order chi connectivity index (χ1) is 13.0. The van der Waals surface area contributed by atoms with Gasteiger partial charge in [-0.25, -0.2) is 0 Å². The molecule has 3 aromatic carbocycles. The van der Waals surface area contributed by atoms with Crippen LogP contribution in [0.5, 0.6) is 0 Å². The summed E-state index contributed by atoms with van der Waals surface area (Å²) in [5.41, 5.74) is 1.24. The van der Waals surface area contributed by atoms with E-state index in [0.717, 1.165) is 0 Å². The van der Waals surface area contributed by atoms with Gasteiger partial charge in [0.15, 0.2) is 5.54 Å². The van der Waals surface area contributed by atoms with Crippen LogP contribution in [0.15, 0.2) is 78.9 Å². The molecular weight excluding hydrogens is 338 g/mol. The molecule has 0 radical (unpaired) electrons. The number of fused-ring (bicyclic) bond motifs is 1. The molecule has 1 aliphatic carbocycles. The first-order valence-corrected chi connectivity index (χ1v) is 8.84. The van der Waals surface area contributed by atoms with Gasteiger partial charge in [-0.1, -0.05) is 66.7 Å². The second kappa shape index (κ2) is 6.49. The van der Waals surface area contributed by atoms with Gasteiger partial charge in [0.25, 0.3) is 0 Å². The fraction of sp³-hybridized carbons (Fsp3) is 0.130. The van der Waals surface area contributed by atoms with Crippen molar-refractivity contribution in [3.63, 3.8) is 0 Å². The standard InChI is InChI=1S/C23H19NO3/c1-15(25)16-8-7-11-18(14-16)24-23(17-9-3-2-4-10-17)21(26)19-12-5-6-13-20(19)22(23)27/h2-15,24-25H,1H3/t15-/m1/s1. The molecule has 4 nitrogen and oxygen atoms in total. The summed E-state index contributed by atoms with van der Waals surface area (Å²) in [4.78, 5) is 26.8. The predicted molar refractivity (Wildman–Crippen MR) is 104 cm³/mol. The maximum atomic E-state index is 13.4. The van der Waals surface area contributed by atoms with Crippen molar-refractivity contribution in [3.8, 4) is 0 Å². The van der Waals surface area contributed by atoms with E-state index < -0.39 is 11.6 Å². The molecule has 0 saturated heterocycles. The highest BCUT2D eigenvalue weighted by Crippen LogP contribution is 2.40. The molecule has 0 fully saturated rings. The summed E-state index contributed by atoms with van der Waals surface area (Å²) in [6.45, 7) is 1.67. The Kier molecular flexibility index (Phi) is 4.13. The first-order valence-electron chi connectivity index (χ1n) is 8.84. The molecule has 4 rings (SSSR count). The Labute approximate surface area is 157 Å². The van der Waals surface area contributed by atoms with Gasteiger partial charge >= 0.3 is 0 Å². The van der Waals surface area contributed by atoms with E-state index in [9.17, 15) is 14.7 Å². The number of hydrogen-bond acceptors (Lipinski definition) is 4. The van der Waals surface area contributed by atoms with Gasteiger partial charge in [0, 0.05) is 16.8 Å². The van der Waals surface area contributed by atoms with E-state index in [2.05, 4.69) is 5.32 Å². The van der Waals surface area contributed by atoms with Crippen molar-refractivity contribution in [2.45, 2.75) is 18.6 Å². The number of anilines is 1. The van der Waals surface area contributed by atoms with Gasteiger partial charge < -0.3 is 10.4 Å². The van der Waals surface area contributed by atoms with Crippen molar-refractivity contribution >= 4 is 17.3 Å². The van der Waals surface area contributed by atoms with E-state index >= 15 is 0 Å². The van der Waals surface area contributed by atoms with Crippen molar-refractivity contribution in [1.29, 1.82) is 0 Å². The number of aliphatic hydroxyl groups excluding tert-OH is 1. The molecule has 134 valence electrons. The highest BCUT2D eigenvalue weighted by Gasteiger charge is 2.54. The molecule has 0 aromatic heterocycles. The molecule has 3 aromatic rings. The molecule has 0 bridgehead atoms. The van der Waals surface area contributed by atoms with Crippen molar-refractivity contribution in [1.82, 2.24) is 0 Å². The Morgan fingerprint density at radius 3 is 2.00 bits per heavy atom. The van der Waals surface area contributed by atoms with E-state index in [1.807, 2.05) is 18.2 Å². The number of carbonyl (C=O) groups is 2. The first kappa shape index (κ1) is 17.2. The maximum Gasteiger partial charge on any atom is 0.201 e. The molecule has 0 spiro atoms. The number of rotatable bonds is 4. The number of carbonyl (C=O) groups excluding carboxylic acids is 2. The number of nitrogens with one attached hydrogen (secondary N) is 1. The van der Waals surface area contributed by atoms with E-state index in [4.69, 9.17) is 0 Å². The molecule has 4 heteroatoms. The zero-order valence-corrected chi connectivity index (χ0v) is 14.8. The lowest BCUT2D eigenvalue weighted by molar-refractivity contribution is 0.0819. The topological polar surface area (TPSA) is 66.4 Å². The number of hydrogen-bond donors (Lipinski definition) is 2. The molecule has 0 unspecified atom stereocenters. The van der Waals surface area contributed by atoms with Crippen LogP contribution in [0.3, 0.4) is 0 Å². The van der Waals surface area contributed by atoms with Crippen LogP contribution in [0.1, 0.15) is 44.9 Å². The number of aliphatic hydroxyl groups is 1. The lowest BCUT2D eigenvalue weighted by atomic mass is 9.84. The average Bonchev–Trinajstić information content (AvgIpc) is 2.92. The van der Waals surface area contributed by atoms with E-state index in [1.54, 1.807) is 67.6 Å². The van der Waals surface area contributed by atoms with Crippen LogP contribution in [0.25, 0.3) is 0 Å². The zero-order chi connectivity index (χ0) is 19.0. The Hall–Kier alpha value is -3.24. The fourth-order valence-electron chi connectivity index (χ4n) is 3.62. The summed E-state index contributed by atoms with van der Waals surface area (Å²) in [5.74, 6) is -0.534. The van der Waals surface area contributed by atoms with Crippen LogP contribution in [0, 0.1) is 0 Å². The molecule has 0 saturated carbocycles. The van der Waals surface area contributed by atoms with Crippen LogP contribution in [0.4, 0.5) is 5.69 Å². The molecular formula is C23H19NO3. The van der Waals surface area contributed by atoms with Crippen molar-refractivity contribution in [2.24, 2.45) is 0 Å². The third-order valence-corrected chi connectivity index (χ3v) is 5.01. The van der Waals surface area contributed by atoms with Gasteiger partial charge in [0.05, 0.1) is 6.10 Å². The normalized spacial score (nSPS) is 16.1. The highest BCUT2D eigenvalue weighted by molar-refractivity contribution is 6.34. The summed E-state index contributed by atoms with van der Waals surface area (Å²) < 4.78 is 0.